The number of hydrogen-bond acceptors (Lipinski definition) is 3. The Morgan fingerprint density at radius 3 is 2.48 bits per heavy atom. The number of aromatic carboxylic acids is 1. The van der Waals surface area contributed by atoms with E-state index >= 15 is 0 Å². The Labute approximate surface area is 131 Å². The summed E-state index contributed by atoms with van der Waals surface area (Å²) in [5, 5.41) is 9.23. The number of carboxylic acid groups (broad SMARTS) is 1. The Morgan fingerprint density at radius 2 is 1.90 bits per heavy atom. The van der Waals surface area contributed by atoms with Gasteiger partial charge in [0.1, 0.15) is 5.75 Å². The Kier molecular flexibility index (Phi) is 4.32. The lowest BCUT2D eigenvalue weighted by molar-refractivity contribution is 0.0696. The topological polar surface area (TPSA) is 59.4 Å². The van der Waals surface area contributed by atoms with Crippen molar-refractivity contribution in [2.24, 2.45) is 0 Å². The molecule has 0 spiro atoms. The van der Waals surface area contributed by atoms with E-state index in [0.29, 0.717) is 11.4 Å². The zero-order chi connectivity index (χ0) is 15.6. The maximum absolute atomic E-state index is 11.3. The molecule has 0 aliphatic rings. The third kappa shape index (κ3) is 3.82. The fourth-order valence-corrected chi connectivity index (χ4v) is 2.07. The molecular weight excluding hydrogens is 334 g/mol. The van der Waals surface area contributed by atoms with E-state index in [1.54, 1.807) is 12.1 Å². The van der Waals surface area contributed by atoms with Crippen LogP contribution in [0.3, 0.4) is 0 Å². The molecule has 0 atom stereocenters. The van der Waals surface area contributed by atoms with Gasteiger partial charge in [-0.1, -0.05) is 32.9 Å². The van der Waals surface area contributed by atoms with E-state index in [0.717, 1.165) is 4.47 Å². The summed E-state index contributed by atoms with van der Waals surface area (Å²) in [5.74, 6) is -0.140. The van der Waals surface area contributed by atoms with E-state index in [1.165, 1.54) is 6.07 Å². The number of carboxylic acids is 1. The third-order valence-electron chi connectivity index (χ3n) is 2.87. The van der Waals surface area contributed by atoms with Crippen LogP contribution in [0.25, 0.3) is 0 Å². The number of pyridine rings is 1. The quantitative estimate of drug-likeness (QED) is 0.877. The summed E-state index contributed by atoms with van der Waals surface area (Å²) in [6, 6.07) is 10.4. The summed E-state index contributed by atoms with van der Waals surface area (Å²) in [6.45, 7) is 5.93. The number of halogens is 1. The fourth-order valence-electron chi connectivity index (χ4n) is 1.71. The Bertz CT molecular complexity index is 677. The van der Waals surface area contributed by atoms with E-state index in [4.69, 9.17) is 4.74 Å². The van der Waals surface area contributed by atoms with Crippen LogP contribution in [0.4, 0.5) is 0 Å². The van der Waals surface area contributed by atoms with Gasteiger partial charge in [0.15, 0.2) is 0 Å². The Morgan fingerprint density at radius 1 is 1.24 bits per heavy atom. The van der Waals surface area contributed by atoms with Crippen LogP contribution in [0.15, 0.2) is 40.9 Å². The van der Waals surface area contributed by atoms with E-state index in [1.807, 2.05) is 39.0 Å². The predicted octanol–water partition coefficient (Wildman–Crippen LogP) is 4.63. The standard InChI is InChI=1S/C16H16BrNO3/c1-16(2,3)13-8-10(15(19)20)9-14(18-13)21-12-7-5-4-6-11(12)17/h4-9H,1-3H3,(H,19,20). The van der Waals surface area contributed by atoms with Crippen molar-refractivity contribution in [3.05, 3.63) is 52.1 Å². The molecule has 110 valence electrons. The van der Waals surface area contributed by atoms with Gasteiger partial charge in [0.05, 0.1) is 15.7 Å². The van der Waals surface area contributed by atoms with Crippen LogP contribution in [-0.2, 0) is 5.41 Å². The summed E-state index contributed by atoms with van der Waals surface area (Å²) in [6.07, 6.45) is 0. The highest BCUT2D eigenvalue weighted by molar-refractivity contribution is 9.10. The molecule has 21 heavy (non-hydrogen) atoms. The minimum Gasteiger partial charge on any atom is -0.478 e. The van der Waals surface area contributed by atoms with Gasteiger partial charge in [0.2, 0.25) is 5.88 Å². The van der Waals surface area contributed by atoms with Crippen molar-refractivity contribution in [3.8, 4) is 11.6 Å². The number of hydrogen-bond donors (Lipinski definition) is 1. The summed E-state index contributed by atoms with van der Waals surface area (Å²) >= 11 is 3.39. The van der Waals surface area contributed by atoms with E-state index in [9.17, 15) is 9.90 Å². The molecule has 0 bridgehead atoms. The maximum Gasteiger partial charge on any atom is 0.335 e. The molecule has 5 heteroatoms. The molecule has 4 nitrogen and oxygen atoms in total. The van der Waals surface area contributed by atoms with Crippen LogP contribution >= 0.6 is 15.9 Å². The number of aromatic nitrogens is 1. The van der Waals surface area contributed by atoms with Gasteiger partial charge >= 0.3 is 5.97 Å². The highest BCUT2D eigenvalue weighted by Gasteiger charge is 2.20. The number of carbonyl (C=O) groups is 1. The number of rotatable bonds is 3. The second kappa shape index (κ2) is 5.85. The average Bonchev–Trinajstić information content (AvgIpc) is 2.40. The molecular formula is C16H16BrNO3. The van der Waals surface area contributed by atoms with Crippen molar-refractivity contribution in [3.63, 3.8) is 0 Å². The number of para-hydroxylation sites is 1. The van der Waals surface area contributed by atoms with Crippen molar-refractivity contribution in [2.75, 3.05) is 0 Å². The van der Waals surface area contributed by atoms with Crippen LogP contribution < -0.4 is 4.74 Å². The Balaban J connectivity index is 2.46. The molecule has 1 aromatic carbocycles. The highest BCUT2D eigenvalue weighted by Crippen LogP contribution is 2.30. The molecule has 0 radical (unpaired) electrons. The van der Waals surface area contributed by atoms with Gasteiger partial charge < -0.3 is 9.84 Å². The van der Waals surface area contributed by atoms with E-state index < -0.39 is 5.97 Å². The lowest BCUT2D eigenvalue weighted by Gasteiger charge is -2.19. The van der Waals surface area contributed by atoms with Gasteiger partial charge in [-0.05, 0) is 34.1 Å². The number of ether oxygens (including phenoxy) is 1. The molecule has 0 saturated carbocycles. The first-order valence-corrected chi connectivity index (χ1v) is 7.25. The maximum atomic E-state index is 11.3. The summed E-state index contributed by atoms with van der Waals surface area (Å²) < 4.78 is 6.50. The zero-order valence-corrected chi connectivity index (χ0v) is 13.6. The largest absolute Gasteiger partial charge is 0.478 e. The summed E-state index contributed by atoms with van der Waals surface area (Å²) in [5.41, 5.74) is 0.568. The molecule has 1 aromatic heterocycles. The van der Waals surface area contributed by atoms with E-state index in [-0.39, 0.29) is 16.9 Å². The summed E-state index contributed by atoms with van der Waals surface area (Å²) in [4.78, 5) is 15.7. The Hall–Kier alpha value is -1.88. The van der Waals surface area contributed by atoms with Gasteiger partial charge in [0, 0.05) is 11.5 Å². The van der Waals surface area contributed by atoms with Crippen molar-refractivity contribution in [1.29, 1.82) is 0 Å². The smallest absolute Gasteiger partial charge is 0.335 e. The van der Waals surface area contributed by atoms with Gasteiger partial charge in [-0.15, -0.1) is 0 Å². The molecule has 0 aliphatic carbocycles. The third-order valence-corrected chi connectivity index (χ3v) is 3.52. The van der Waals surface area contributed by atoms with Crippen molar-refractivity contribution < 1.29 is 14.6 Å². The van der Waals surface area contributed by atoms with Crippen LogP contribution in [0.5, 0.6) is 11.6 Å². The van der Waals surface area contributed by atoms with Crippen molar-refractivity contribution >= 4 is 21.9 Å². The van der Waals surface area contributed by atoms with Crippen molar-refractivity contribution in [2.45, 2.75) is 26.2 Å². The van der Waals surface area contributed by atoms with Gasteiger partial charge in [0.25, 0.3) is 0 Å². The van der Waals surface area contributed by atoms with Gasteiger partial charge in [-0.2, -0.15) is 0 Å². The van der Waals surface area contributed by atoms with Crippen LogP contribution in [0.2, 0.25) is 0 Å². The van der Waals surface area contributed by atoms with Crippen LogP contribution in [0, 0.1) is 0 Å². The highest BCUT2D eigenvalue weighted by atomic mass is 79.9. The SMILES string of the molecule is CC(C)(C)c1cc(C(=O)O)cc(Oc2ccccc2Br)n1. The van der Waals surface area contributed by atoms with Crippen LogP contribution in [-0.4, -0.2) is 16.1 Å². The minimum atomic E-state index is -1.00. The van der Waals surface area contributed by atoms with E-state index in [2.05, 4.69) is 20.9 Å². The molecule has 0 unspecified atom stereocenters. The van der Waals surface area contributed by atoms with Gasteiger partial charge in [-0.3, -0.25) is 0 Å². The summed E-state index contributed by atoms with van der Waals surface area (Å²) in [7, 11) is 0. The lowest BCUT2D eigenvalue weighted by atomic mass is 9.91. The predicted molar refractivity (Wildman–Crippen MR) is 84.1 cm³/mol. The molecule has 0 aliphatic heterocycles. The molecule has 2 aromatic rings. The van der Waals surface area contributed by atoms with Gasteiger partial charge in [-0.25, -0.2) is 9.78 Å². The molecule has 0 amide bonds. The first kappa shape index (κ1) is 15.5. The average molecular weight is 350 g/mol. The molecule has 0 fully saturated rings. The van der Waals surface area contributed by atoms with Crippen LogP contribution in [0.1, 0.15) is 36.8 Å². The second-order valence-corrected chi connectivity index (χ2v) is 6.52. The first-order valence-electron chi connectivity index (χ1n) is 6.45. The normalized spacial score (nSPS) is 11.2. The monoisotopic (exact) mass is 349 g/mol. The molecule has 2 rings (SSSR count). The van der Waals surface area contributed by atoms with Crippen molar-refractivity contribution in [1.82, 2.24) is 4.98 Å². The molecule has 0 saturated heterocycles. The number of nitrogens with zero attached hydrogens (tertiary/aromatic N) is 1. The zero-order valence-electron chi connectivity index (χ0n) is 12.1. The molecule has 1 heterocycles. The number of benzene rings is 1. The first-order chi connectivity index (χ1) is 9.77. The lowest BCUT2D eigenvalue weighted by Crippen LogP contribution is -2.15. The fraction of sp³-hybridized carbons (Fsp3) is 0.250. The molecule has 1 N–H and O–H groups in total. The second-order valence-electron chi connectivity index (χ2n) is 5.67. The minimum absolute atomic E-state index is 0.164.